The SMILES string of the molecule is Cc1cc(NC(=O)CNC[C@@H](c2ccccc2)N(C)C)c([N+](=O)[O-])cc1C. The van der Waals surface area contributed by atoms with E-state index in [4.69, 9.17) is 0 Å². The van der Waals surface area contributed by atoms with Crippen molar-refractivity contribution in [3.63, 3.8) is 0 Å². The molecule has 0 radical (unpaired) electrons. The van der Waals surface area contributed by atoms with E-state index in [1.807, 2.05) is 51.4 Å². The average Bonchev–Trinajstić information content (AvgIpc) is 2.61. The molecule has 0 aromatic heterocycles. The molecule has 0 saturated heterocycles. The van der Waals surface area contributed by atoms with E-state index in [2.05, 4.69) is 15.5 Å². The van der Waals surface area contributed by atoms with Gasteiger partial charge < -0.3 is 15.5 Å². The molecule has 7 nitrogen and oxygen atoms in total. The number of hydrogen-bond donors (Lipinski definition) is 2. The molecule has 0 aliphatic carbocycles. The van der Waals surface area contributed by atoms with E-state index in [1.54, 1.807) is 13.0 Å². The van der Waals surface area contributed by atoms with Crippen LogP contribution in [0.3, 0.4) is 0 Å². The Morgan fingerprint density at radius 3 is 2.37 bits per heavy atom. The molecular formula is C20H26N4O3. The highest BCUT2D eigenvalue weighted by Gasteiger charge is 2.18. The number of benzene rings is 2. The molecule has 0 fully saturated rings. The standard InChI is InChI=1S/C20H26N4O3/c1-14-10-17(18(24(26)27)11-15(14)2)22-20(25)13-21-12-19(23(3)4)16-8-6-5-7-9-16/h5-11,19,21H,12-13H2,1-4H3,(H,22,25)/t19-/m0/s1. The molecule has 0 aliphatic rings. The van der Waals surface area contributed by atoms with E-state index in [9.17, 15) is 14.9 Å². The van der Waals surface area contributed by atoms with Gasteiger partial charge in [0.15, 0.2) is 0 Å². The van der Waals surface area contributed by atoms with E-state index in [1.165, 1.54) is 6.07 Å². The minimum Gasteiger partial charge on any atom is -0.319 e. The maximum atomic E-state index is 12.3. The van der Waals surface area contributed by atoms with Gasteiger partial charge in [-0.1, -0.05) is 30.3 Å². The van der Waals surface area contributed by atoms with Gasteiger partial charge in [0.25, 0.3) is 5.69 Å². The van der Waals surface area contributed by atoms with Crippen LogP contribution in [-0.2, 0) is 4.79 Å². The van der Waals surface area contributed by atoms with Crippen LogP contribution in [0.1, 0.15) is 22.7 Å². The van der Waals surface area contributed by atoms with E-state index in [-0.39, 0.29) is 29.9 Å². The van der Waals surface area contributed by atoms with Crippen LogP contribution in [0.25, 0.3) is 0 Å². The van der Waals surface area contributed by atoms with E-state index < -0.39 is 4.92 Å². The van der Waals surface area contributed by atoms with Gasteiger partial charge in [0.2, 0.25) is 5.91 Å². The van der Waals surface area contributed by atoms with Gasteiger partial charge in [-0.05, 0) is 50.7 Å². The summed E-state index contributed by atoms with van der Waals surface area (Å²) in [4.78, 5) is 25.1. The first-order chi connectivity index (χ1) is 12.8. The number of nitro groups is 1. The molecule has 2 aromatic rings. The summed E-state index contributed by atoms with van der Waals surface area (Å²) in [5, 5.41) is 17.0. The Hall–Kier alpha value is -2.77. The maximum Gasteiger partial charge on any atom is 0.293 e. The lowest BCUT2D eigenvalue weighted by Gasteiger charge is -2.25. The number of rotatable bonds is 8. The van der Waals surface area contributed by atoms with Crippen LogP contribution in [0, 0.1) is 24.0 Å². The minimum absolute atomic E-state index is 0.0707. The summed E-state index contributed by atoms with van der Waals surface area (Å²) < 4.78 is 0. The number of carbonyl (C=O) groups is 1. The number of nitrogens with zero attached hydrogens (tertiary/aromatic N) is 2. The summed E-state index contributed by atoms with van der Waals surface area (Å²) >= 11 is 0. The Labute approximate surface area is 159 Å². The number of anilines is 1. The summed E-state index contributed by atoms with van der Waals surface area (Å²) in [7, 11) is 3.97. The zero-order valence-electron chi connectivity index (χ0n) is 16.2. The lowest BCUT2D eigenvalue weighted by molar-refractivity contribution is -0.384. The van der Waals surface area contributed by atoms with Crippen molar-refractivity contribution in [1.29, 1.82) is 0 Å². The smallest absolute Gasteiger partial charge is 0.293 e. The topological polar surface area (TPSA) is 87.5 Å². The van der Waals surface area contributed by atoms with Gasteiger partial charge in [0.1, 0.15) is 5.69 Å². The lowest BCUT2D eigenvalue weighted by Crippen LogP contribution is -2.35. The molecule has 2 rings (SSSR count). The molecule has 0 heterocycles. The van der Waals surface area contributed by atoms with Crippen molar-refractivity contribution in [2.45, 2.75) is 19.9 Å². The summed E-state index contributed by atoms with van der Waals surface area (Å²) in [5.41, 5.74) is 2.99. The fourth-order valence-corrected chi connectivity index (χ4v) is 2.84. The largest absolute Gasteiger partial charge is 0.319 e. The average molecular weight is 370 g/mol. The van der Waals surface area contributed by atoms with Crippen LogP contribution >= 0.6 is 0 Å². The molecule has 0 saturated carbocycles. The van der Waals surface area contributed by atoms with Crippen molar-refractivity contribution in [2.24, 2.45) is 0 Å². The minimum atomic E-state index is -0.479. The molecule has 7 heteroatoms. The summed E-state index contributed by atoms with van der Waals surface area (Å²) in [6.07, 6.45) is 0. The van der Waals surface area contributed by atoms with Crippen molar-refractivity contribution in [3.05, 3.63) is 69.3 Å². The number of amides is 1. The molecule has 1 amide bonds. The van der Waals surface area contributed by atoms with E-state index in [0.29, 0.717) is 6.54 Å². The second-order valence-electron chi connectivity index (χ2n) is 6.78. The van der Waals surface area contributed by atoms with Gasteiger partial charge in [-0.3, -0.25) is 14.9 Å². The Morgan fingerprint density at radius 2 is 1.78 bits per heavy atom. The zero-order valence-corrected chi connectivity index (χ0v) is 16.2. The maximum absolute atomic E-state index is 12.3. The van der Waals surface area contributed by atoms with Crippen molar-refractivity contribution in [2.75, 3.05) is 32.5 Å². The normalized spacial score (nSPS) is 12.0. The van der Waals surface area contributed by atoms with Crippen molar-refractivity contribution < 1.29 is 9.72 Å². The Balaban J connectivity index is 1.98. The van der Waals surface area contributed by atoms with Gasteiger partial charge in [-0.25, -0.2) is 0 Å². The first-order valence-corrected chi connectivity index (χ1v) is 8.77. The summed E-state index contributed by atoms with van der Waals surface area (Å²) in [6, 6.07) is 13.3. The highest BCUT2D eigenvalue weighted by Crippen LogP contribution is 2.27. The second-order valence-corrected chi connectivity index (χ2v) is 6.78. The molecule has 0 unspecified atom stereocenters. The molecule has 1 atom stereocenters. The molecule has 2 N–H and O–H groups in total. The first-order valence-electron chi connectivity index (χ1n) is 8.77. The highest BCUT2D eigenvalue weighted by molar-refractivity contribution is 5.94. The van der Waals surface area contributed by atoms with Gasteiger partial charge in [0.05, 0.1) is 11.5 Å². The fourth-order valence-electron chi connectivity index (χ4n) is 2.84. The summed E-state index contributed by atoms with van der Waals surface area (Å²) in [5.74, 6) is -0.313. The first kappa shape index (κ1) is 20.5. The number of likely N-dealkylation sites (N-methyl/N-ethyl adjacent to an activating group) is 1. The van der Waals surface area contributed by atoms with Crippen LogP contribution < -0.4 is 10.6 Å². The third kappa shape index (κ3) is 5.60. The third-order valence-electron chi connectivity index (χ3n) is 4.51. The van der Waals surface area contributed by atoms with E-state index in [0.717, 1.165) is 16.7 Å². The Kier molecular flexibility index (Phi) is 7.04. The second kappa shape index (κ2) is 9.25. The number of aryl methyl sites for hydroxylation is 2. The van der Waals surface area contributed by atoms with Gasteiger partial charge >= 0.3 is 0 Å². The Bertz CT molecular complexity index is 806. The fraction of sp³-hybridized carbons (Fsp3) is 0.350. The zero-order chi connectivity index (χ0) is 20.0. The Morgan fingerprint density at radius 1 is 1.15 bits per heavy atom. The van der Waals surface area contributed by atoms with Crippen LogP contribution in [0.15, 0.2) is 42.5 Å². The number of nitro benzene ring substituents is 1. The van der Waals surface area contributed by atoms with Gasteiger partial charge in [-0.2, -0.15) is 0 Å². The van der Waals surface area contributed by atoms with Crippen molar-refractivity contribution in [3.8, 4) is 0 Å². The molecule has 0 bridgehead atoms. The van der Waals surface area contributed by atoms with Gasteiger partial charge in [0, 0.05) is 18.7 Å². The van der Waals surface area contributed by atoms with E-state index >= 15 is 0 Å². The van der Waals surface area contributed by atoms with Crippen LogP contribution in [-0.4, -0.2) is 42.9 Å². The summed E-state index contributed by atoms with van der Waals surface area (Å²) in [6.45, 7) is 4.32. The van der Waals surface area contributed by atoms with Crippen LogP contribution in [0.5, 0.6) is 0 Å². The van der Waals surface area contributed by atoms with Crippen molar-refractivity contribution in [1.82, 2.24) is 10.2 Å². The molecule has 0 aliphatic heterocycles. The molecule has 0 spiro atoms. The van der Waals surface area contributed by atoms with Crippen molar-refractivity contribution >= 4 is 17.3 Å². The number of nitrogens with one attached hydrogen (secondary N) is 2. The highest BCUT2D eigenvalue weighted by atomic mass is 16.6. The number of hydrogen-bond acceptors (Lipinski definition) is 5. The molecule has 144 valence electrons. The third-order valence-corrected chi connectivity index (χ3v) is 4.51. The lowest BCUT2D eigenvalue weighted by atomic mass is 10.1. The molecule has 27 heavy (non-hydrogen) atoms. The van der Waals surface area contributed by atoms with Crippen LogP contribution in [0.4, 0.5) is 11.4 Å². The molecule has 2 aromatic carbocycles. The monoisotopic (exact) mass is 370 g/mol. The molecular weight excluding hydrogens is 344 g/mol. The number of carbonyl (C=O) groups excluding carboxylic acids is 1. The van der Waals surface area contributed by atoms with Gasteiger partial charge in [-0.15, -0.1) is 0 Å². The predicted molar refractivity (Wildman–Crippen MR) is 107 cm³/mol. The predicted octanol–water partition coefficient (Wildman–Crippen LogP) is 3.04. The quantitative estimate of drug-likeness (QED) is 0.551. The van der Waals surface area contributed by atoms with Crippen LogP contribution in [0.2, 0.25) is 0 Å².